The highest BCUT2D eigenvalue weighted by Crippen LogP contribution is 2.28. The van der Waals surface area contributed by atoms with E-state index in [4.69, 9.17) is 0 Å². The number of phenols is 1. The quantitative estimate of drug-likeness (QED) is 0.812. The van der Waals surface area contributed by atoms with Crippen LogP contribution in [0.4, 0.5) is 0 Å². The molecule has 0 unspecified atom stereocenters. The molecule has 0 aromatic heterocycles. The van der Waals surface area contributed by atoms with E-state index in [0.717, 1.165) is 5.56 Å². The molecule has 0 radical (unpaired) electrons. The Morgan fingerprint density at radius 3 is 2.65 bits per heavy atom. The summed E-state index contributed by atoms with van der Waals surface area (Å²) in [4.78, 5) is 13.6. The molecular weight excluding hydrogens is 218 g/mol. The number of phenolic OH excluding ortho intramolecular Hbond substituents is 1. The van der Waals surface area contributed by atoms with Gasteiger partial charge in [-0.3, -0.25) is 4.79 Å². The molecule has 1 saturated heterocycles. The van der Waals surface area contributed by atoms with Crippen molar-refractivity contribution in [2.24, 2.45) is 0 Å². The van der Waals surface area contributed by atoms with Gasteiger partial charge in [-0.05, 0) is 31.0 Å². The number of likely N-dealkylation sites (tertiary alicyclic amines) is 1. The van der Waals surface area contributed by atoms with Gasteiger partial charge in [0, 0.05) is 0 Å². The molecule has 2 N–H and O–H groups in total. The van der Waals surface area contributed by atoms with Crippen LogP contribution in [0.2, 0.25) is 0 Å². The Bertz CT molecular complexity index is 450. The van der Waals surface area contributed by atoms with Gasteiger partial charge in [0.1, 0.15) is 5.75 Å². The van der Waals surface area contributed by atoms with E-state index < -0.39 is 5.60 Å². The third kappa shape index (κ3) is 2.13. The fraction of sp³-hybridized carbons (Fsp3) is 0.462. The van der Waals surface area contributed by atoms with Crippen LogP contribution >= 0.6 is 0 Å². The highest BCUT2D eigenvalue weighted by Gasteiger charge is 2.42. The third-order valence-electron chi connectivity index (χ3n) is 3.30. The summed E-state index contributed by atoms with van der Waals surface area (Å²) < 4.78 is 0. The van der Waals surface area contributed by atoms with Crippen LogP contribution in [-0.2, 0) is 0 Å². The van der Waals surface area contributed by atoms with Gasteiger partial charge in [0.2, 0.25) is 0 Å². The van der Waals surface area contributed by atoms with Crippen LogP contribution in [0.1, 0.15) is 29.3 Å². The molecule has 4 heteroatoms. The summed E-state index contributed by atoms with van der Waals surface area (Å²) >= 11 is 0. The molecule has 1 aromatic carbocycles. The smallest absolute Gasteiger partial charge is 0.257 e. The summed E-state index contributed by atoms with van der Waals surface area (Å²) in [5.74, 6) is -0.220. The first-order valence-electron chi connectivity index (χ1n) is 5.76. The summed E-state index contributed by atoms with van der Waals surface area (Å²) in [6.45, 7) is 4.43. The Labute approximate surface area is 100 Å². The van der Waals surface area contributed by atoms with Gasteiger partial charge in [0.15, 0.2) is 0 Å². The lowest BCUT2D eigenvalue weighted by Crippen LogP contribution is -2.63. The molecule has 2 rings (SSSR count). The van der Waals surface area contributed by atoms with E-state index in [0.29, 0.717) is 25.1 Å². The zero-order valence-corrected chi connectivity index (χ0v) is 10.1. The Kier molecular flexibility index (Phi) is 2.83. The Balaban J connectivity index is 2.12. The number of aryl methyl sites for hydroxylation is 1. The minimum absolute atomic E-state index is 0.00179. The molecule has 4 nitrogen and oxygen atoms in total. The summed E-state index contributed by atoms with van der Waals surface area (Å²) in [5, 5.41) is 19.5. The summed E-state index contributed by atoms with van der Waals surface area (Å²) in [6.07, 6.45) is 0.636. The maximum Gasteiger partial charge on any atom is 0.257 e. The van der Waals surface area contributed by atoms with E-state index in [1.165, 1.54) is 0 Å². The number of carbonyl (C=O) groups is 1. The van der Waals surface area contributed by atoms with Gasteiger partial charge < -0.3 is 15.1 Å². The Hall–Kier alpha value is -1.55. The number of hydrogen-bond donors (Lipinski definition) is 2. The third-order valence-corrected chi connectivity index (χ3v) is 3.30. The first kappa shape index (κ1) is 11.9. The van der Waals surface area contributed by atoms with Crippen molar-refractivity contribution < 1.29 is 15.0 Å². The van der Waals surface area contributed by atoms with Crippen LogP contribution in [0, 0.1) is 6.92 Å². The molecule has 0 spiro atoms. The first-order valence-corrected chi connectivity index (χ1v) is 5.76. The van der Waals surface area contributed by atoms with Crippen molar-refractivity contribution in [1.82, 2.24) is 4.90 Å². The predicted molar refractivity (Wildman–Crippen MR) is 64.0 cm³/mol. The number of amides is 1. The number of hydrogen-bond acceptors (Lipinski definition) is 3. The van der Waals surface area contributed by atoms with E-state index >= 15 is 0 Å². The van der Waals surface area contributed by atoms with Gasteiger partial charge in [-0.25, -0.2) is 0 Å². The fourth-order valence-electron chi connectivity index (χ4n) is 2.02. The largest absolute Gasteiger partial charge is 0.507 e. The SMILES string of the molecule is CCC1(O)CN(C(=O)c2ccc(C)cc2O)C1. The number of nitrogens with zero attached hydrogens (tertiary/aromatic N) is 1. The summed E-state index contributed by atoms with van der Waals surface area (Å²) in [6, 6.07) is 4.98. The number of benzene rings is 1. The second-order valence-electron chi connectivity index (χ2n) is 4.76. The lowest BCUT2D eigenvalue weighted by molar-refractivity contribution is -0.0827. The molecule has 1 aliphatic heterocycles. The highest BCUT2D eigenvalue weighted by atomic mass is 16.3. The van der Waals surface area contributed by atoms with Gasteiger partial charge in [0.05, 0.1) is 24.3 Å². The number of β-amino-alcohol motifs (C(OH)–C–C–N with tert-alkyl or cyclic N) is 1. The average molecular weight is 235 g/mol. The lowest BCUT2D eigenvalue weighted by Gasteiger charge is -2.46. The Morgan fingerprint density at radius 2 is 2.12 bits per heavy atom. The van der Waals surface area contributed by atoms with Gasteiger partial charge in [-0.15, -0.1) is 0 Å². The highest BCUT2D eigenvalue weighted by molar-refractivity contribution is 5.97. The second-order valence-corrected chi connectivity index (χ2v) is 4.76. The molecule has 1 aromatic rings. The molecule has 1 aliphatic rings. The van der Waals surface area contributed by atoms with Crippen LogP contribution in [-0.4, -0.2) is 39.7 Å². The maximum atomic E-state index is 12.0. The standard InChI is InChI=1S/C13H17NO3/c1-3-13(17)7-14(8-13)12(16)10-5-4-9(2)6-11(10)15/h4-6,15,17H,3,7-8H2,1-2H3. The van der Waals surface area contributed by atoms with Crippen molar-refractivity contribution in [3.05, 3.63) is 29.3 Å². The molecule has 1 amide bonds. The topological polar surface area (TPSA) is 60.8 Å². The van der Waals surface area contributed by atoms with Gasteiger partial charge in [-0.1, -0.05) is 13.0 Å². The van der Waals surface area contributed by atoms with Crippen LogP contribution < -0.4 is 0 Å². The summed E-state index contributed by atoms with van der Waals surface area (Å²) in [7, 11) is 0. The minimum Gasteiger partial charge on any atom is -0.507 e. The van der Waals surface area contributed by atoms with Gasteiger partial charge in [0.25, 0.3) is 5.91 Å². The molecule has 1 fully saturated rings. The van der Waals surface area contributed by atoms with E-state index in [1.807, 2.05) is 13.8 Å². The fourth-order valence-corrected chi connectivity index (χ4v) is 2.02. The van der Waals surface area contributed by atoms with Crippen molar-refractivity contribution in [3.8, 4) is 5.75 Å². The van der Waals surface area contributed by atoms with Crippen LogP contribution in [0.3, 0.4) is 0 Å². The predicted octanol–water partition coefficient (Wildman–Crippen LogP) is 1.30. The second kappa shape index (κ2) is 4.04. The van der Waals surface area contributed by atoms with E-state index in [9.17, 15) is 15.0 Å². The van der Waals surface area contributed by atoms with Gasteiger partial charge >= 0.3 is 0 Å². The molecule has 17 heavy (non-hydrogen) atoms. The van der Waals surface area contributed by atoms with Crippen LogP contribution in [0.25, 0.3) is 0 Å². The van der Waals surface area contributed by atoms with Gasteiger partial charge in [-0.2, -0.15) is 0 Å². The maximum absolute atomic E-state index is 12.0. The van der Waals surface area contributed by atoms with Crippen LogP contribution in [0.5, 0.6) is 5.75 Å². The van der Waals surface area contributed by atoms with E-state index in [2.05, 4.69) is 0 Å². The molecule has 0 aliphatic carbocycles. The van der Waals surface area contributed by atoms with Crippen molar-refractivity contribution in [2.75, 3.05) is 13.1 Å². The molecule has 0 bridgehead atoms. The number of aliphatic hydroxyl groups is 1. The molecule has 0 atom stereocenters. The van der Waals surface area contributed by atoms with E-state index in [-0.39, 0.29) is 11.7 Å². The first-order chi connectivity index (χ1) is 7.95. The number of aromatic hydroxyl groups is 1. The zero-order valence-electron chi connectivity index (χ0n) is 10.1. The monoisotopic (exact) mass is 235 g/mol. The van der Waals surface area contributed by atoms with E-state index in [1.54, 1.807) is 23.1 Å². The molecule has 0 saturated carbocycles. The van der Waals surface area contributed by atoms with Crippen LogP contribution in [0.15, 0.2) is 18.2 Å². The molecular formula is C13H17NO3. The van der Waals surface area contributed by atoms with Crippen molar-refractivity contribution in [1.29, 1.82) is 0 Å². The minimum atomic E-state index is -0.740. The lowest BCUT2D eigenvalue weighted by atomic mass is 9.90. The summed E-state index contributed by atoms with van der Waals surface area (Å²) in [5.41, 5.74) is 0.470. The number of rotatable bonds is 2. The normalized spacial score (nSPS) is 17.7. The molecule has 1 heterocycles. The Morgan fingerprint density at radius 1 is 1.47 bits per heavy atom. The van der Waals surface area contributed by atoms with Crippen molar-refractivity contribution in [3.63, 3.8) is 0 Å². The number of carbonyl (C=O) groups excluding carboxylic acids is 1. The molecule has 92 valence electrons. The zero-order chi connectivity index (χ0) is 12.6. The van der Waals surface area contributed by atoms with Crippen molar-refractivity contribution >= 4 is 5.91 Å². The average Bonchev–Trinajstić information content (AvgIpc) is 2.24. The van der Waals surface area contributed by atoms with Crippen molar-refractivity contribution in [2.45, 2.75) is 25.9 Å².